The fourth-order valence-corrected chi connectivity index (χ4v) is 5.10. The van der Waals surface area contributed by atoms with E-state index in [-0.39, 0.29) is 17.4 Å². The van der Waals surface area contributed by atoms with Crippen LogP contribution in [0.1, 0.15) is 27.7 Å². The highest BCUT2D eigenvalue weighted by molar-refractivity contribution is 7.12. The molecule has 3 aromatic rings. The van der Waals surface area contributed by atoms with E-state index in [9.17, 15) is 9.59 Å². The molecule has 2 aliphatic rings. The molecule has 0 saturated carbocycles. The second-order valence-corrected chi connectivity index (χ2v) is 8.26. The largest absolute Gasteiger partial charge is 0.337 e. The topological polar surface area (TPSA) is 55.2 Å². The Morgan fingerprint density at radius 3 is 2.81 bits per heavy atom. The van der Waals surface area contributed by atoms with Crippen LogP contribution < -0.4 is 5.56 Å². The minimum Gasteiger partial charge on any atom is -0.337 e. The van der Waals surface area contributed by atoms with Crippen LogP contribution in [0.5, 0.6) is 0 Å². The second-order valence-electron chi connectivity index (χ2n) is 7.32. The van der Waals surface area contributed by atoms with Gasteiger partial charge in [-0.15, -0.1) is 11.3 Å². The van der Waals surface area contributed by atoms with Gasteiger partial charge in [-0.1, -0.05) is 12.1 Å². The third-order valence-electron chi connectivity index (χ3n) is 5.60. The van der Waals surface area contributed by atoms with Crippen LogP contribution in [0, 0.1) is 5.92 Å². The molecule has 2 aliphatic heterocycles. The molecular formula is C21H19N3O2S. The molecule has 136 valence electrons. The van der Waals surface area contributed by atoms with Crippen molar-refractivity contribution in [2.75, 3.05) is 13.1 Å². The van der Waals surface area contributed by atoms with E-state index in [1.165, 1.54) is 11.3 Å². The third-order valence-corrected chi connectivity index (χ3v) is 6.45. The van der Waals surface area contributed by atoms with Crippen molar-refractivity contribution in [3.8, 4) is 11.1 Å². The van der Waals surface area contributed by atoms with Gasteiger partial charge in [0.2, 0.25) is 0 Å². The molecule has 5 heterocycles. The van der Waals surface area contributed by atoms with Crippen LogP contribution in [0.3, 0.4) is 0 Å². The van der Waals surface area contributed by atoms with Crippen LogP contribution in [0.4, 0.5) is 0 Å². The summed E-state index contributed by atoms with van der Waals surface area (Å²) in [5.74, 6) is 0.654. The van der Waals surface area contributed by atoms with Crippen LogP contribution >= 0.6 is 11.3 Å². The molecule has 6 heteroatoms. The van der Waals surface area contributed by atoms with Crippen LogP contribution in [-0.2, 0) is 6.54 Å². The summed E-state index contributed by atoms with van der Waals surface area (Å²) < 4.78 is 1.92. The SMILES string of the molecule is O=C(c1cccs1)N1C[C@H]2C[C@H](C1)c1ccc(-c3cccnc3)c(=O)n1C2. The summed E-state index contributed by atoms with van der Waals surface area (Å²) in [7, 11) is 0. The number of pyridine rings is 2. The van der Waals surface area contributed by atoms with E-state index in [2.05, 4.69) is 11.1 Å². The number of aromatic nitrogens is 2. The average Bonchev–Trinajstić information content (AvgIpc) is 3.23. The van der Waals surface area contributed by atoms with Gasteiger partial charge in [0.15, 0.2) is 0 Å². The number of hydrogen-bond acceptors (Lipinski definition) is 4. The molecule has 0 aliphatic carbocycles. The number of thiophene rings is 1. The van der Waals surface area contributed by atoms with Gasteiger partial charge in [-0.2, -0.15) is 0 Å². The Bertz CT molecular complexity index is 1040. The molecule has 2 bridgehead atoms. The van der Waals surface area contributed by atoms with Gasteiger partial charge in [-0.25, -0.2) is 0 Å². The maximum atomic E-state index is 13.1. The van der Waals surface area contributed by atoms with Gasteiger partial charge >= 0.3 is 0 Å². The van der Waals surface area contributed by atoms with E-state index in [0.29, 0.717) is 24.6 Å². The van der Waals surface area contributed by atoms with Crippen molar-refractivity contribution >= 4 is 17.2 Å². The lowest BCUT2D eigenvalue weighted by atomic mass is 9.82. The summed E-state index contributed by atoms with van der Waals surface area (Å²) in [5.41, 5.74) is 2.64. The standard InChI is InChI=1S/C21H19N3O2S/c25-20-17(15-3-1-7-22-10-15)5-6-18-16-9-14(12-24(18)20)11-23(13-16)21(26)19-4-2-8-27-19/h1-8,10,14,16H,9,11-13H2/t14-,16-/m1/s1. The molecule has 1 amide bonds. The maximum absolute atomic E-state index is 13.1. The zero-order valence-corrected chi connectivity index (χ0v) is 15.6. The van der Waals surface area contributed by atoms with Crippen LogP contribution in [0.2, 0.25) is 0 Å². The summed E-state index contributed by atoms with van der Waals surface area (Å²) in [6.45, 7) is 2.07. The van der Waals surface area contributed by atoms with Crippen molar-refractivity contribution < 1.29 is 4.79 Å². The molecule has 0 radical (unpaired) electrons. The highest BCUT2D eigenvalue weighted by Crippen LogP contribution is 2.36. The Balaban J connectivity index is 1.49. The lowest BCUT2D eigenvalue weighted by Crippen LogP contribution is -2.49. The molecule has 1 saturated heterocycles. The van der Waals surface area contributed by atoms with Crippen molar-refractivity contribution in [1.29, 1.82) is 0 Å². The molecular weight excluding hydrogens is 358 g/mol. The van der Waals surface area contributed by atoms with E-state index in [4.69, 9.17) is 0 Å². The molecule has 0 aromatic carbocycles. The number of hydrogen-bond donors (Lipinski definition) is 0. The van der Waals surface area contributed by atoms with Gasteiger partial charge in [0, 0.05) is 54.8 Å². The third kappa shape index (κ3) is 2.80. The van der Waals surface area contributed by atoms with Gasteiger partial charge in [-0.3, -0.25) is 14.6 Å². The summed E-state index contributed by atoms with van der Waals surface area (Å²) in [6.07, 6.45) is 4.48. The lowest BCUT2D eigenvalue weighted by molar-refractivity contribution is 0.0599. The monoisotopic (exact) mass is 377 g/mol. The van der Waals surface area contributed by atoms with Crippen molar-refractivity contribution in [2.45, 2.75) is 18.9 Å². The van der Waals surface area contributed by atoms with Gasteiger partial charge < -0.3 is 9.47 Å². The predicted molar refractivity (Wildman–Crippen MR) is 105 cm³/mol. The normalized spacial score (nSPS) is 21.0. The molecule has 2 atom stereocenters. The van der Waals surface area contributed by atoms with Crippen molar-refractivity contribution in [2.24, 2.45) is 5.92 Å². The number of rotatable bonds is 2. The first kappa shape index (κ1) is 16.4. The Hall–Kier alpha value is -2.73. The van der Waals surface area contributed by atoms with Crippen molar-refractivity contribution in [3.05, 3.63) is 75.1 Å². The molecule has 5 rings (SSSR count). The van der Waals surface area contributed by atoms with Crippen LogP contribution in [0.15, 0.2) is 59.0 Å². The van der Waals surface area contributed by atoms with E-state index in [1.54, 1.807) is 12.4 Å². The Kier molecular flexibility index (Phi) is 3.93. The number of carbonyl (C=O) groups excluding carboxylic acids is 1. The number of fused-ring (bicyclic) bond motifs is 4. The van der Waals surface area contributed by atoms with E-state index in [0.717, 1.165) is 29.1 Å². The van der Waals surface area contributed by atoms with E-state index < -0.39 is 0 Å². The smallest absolute Gasteiger partial charge is 0.263 e. The second kappa shape index (κ2) is 6.46. The lowest BCUT2D eigenvalue weighted by Gasteiger charge is -2.42. The number of piperidine rings is 1. The zero-order chi connectivity index (χ0) is 18.4. The molecule has 27 heavy (non-hydrogen) atoms. The number of likely N-dealkylation sites (tertiary alicyclic amines) is 1. The molecule has 0 N–H and O–H groups in total. The first-order chi connectivity index (χ1) is 13.2. The first-order valence-electron chi connectivity index (χ1n) is 9.17. The average molecular weight is 377 g/mol. The number of carbonyl (C=O) groups is 1. The quantitative estimate of drug-likeness (QED) is 0.689. The number of amides is 1. The van der Waals surface area contributed by atoms with Crippen LogP contribution in [-0.4, -0.2) is 33.4 Å². The highest BCUT2D eigenvalue weighted by Gasteiger charge is 2.37. The van der Waals surface area contributed by atoms with E-state index in [1.807, 2.05) is 45.2 Å². The van der Waals surface area contributed by atoms with Gasteiger partial charge in [-0.05, 0) is 42.0 Å². The molecule has 3 aromatic heterocycles. The summed E-state index contributed by atoms with van der Waals surface area (Å²) in [6, 6.07) is 11.5. The predicted octanol–water partition coefficient (Wildman–Crippen LogP) is 3.23. The first-order valence-corrected chi connectivity index (χ1v) is 10.1. The minimum absolute atomic E-state index is 0.0493. The number of nitrogens with zero attached hydrogens (tertiary/aromatic N) is 3. The van der Waals surface area contributed by atoms with Gasteiger partial charge in [0.25, 0.3) is 11.5 Å². The fraction of sp³-hybridized carbons (Fsp3) is 0.286. The zero-order valence-electron chi connectivity index (χ0n) is 14.7. The van der Waals surface area contributed by atoms with Gasteiger partial charge in [0.05, 0.1) is 4.88 Å². The fourth-order valence-electron chi connectivity index (χ4n) is 4.41. The van der Waals surface area contributed by atoms with Crippen LogP contribution in [0.25, 0.3) is 11.1 Å². The van der Waals surface area contributed by atoms with Crippen molar-refractivity contribution in [3.63, 3.8) is 0 Å². The maximum Gasteiger partial charge on any atom is 0.263 e. The highest BCUT2D eigenvalue weighted by atomic mass is 32.1. The summed E-state index contributed by atoms with van der Waals surface area (Å²) in [4.78, 5) is 32.8. The summed E-state index contributed by atoms with van der Waals surface area (Å²) in [5, 5.41) is 1.94. The van der Waals surface area contributed by atoms with Gasteiger partial charge in [0.1, 0.15) is 0 Å². The molecule has 1 fully saturated rings. The Labute approximate surface area is 160 Å². The van der Waals surface area contributed by atoms with E-state index >= 15 is 0 Å². The molecule has 0 unspecified atom stereocenters. The van der Waals surface area contributed by atoms with Crippen molar-refractivity contribution in [1.82, 2.24) is 14.5 Å². The Morgan fingerprint density at radius 1 is 1.11 bits per heavy atom. The summed E-state index contributed by atoms with van der Waals surface area (Å²) >= 11 is 1.49. The minimum atomic E-state index is 0.0493. The molecule has 5 nitrogen and oxygen atoms in total. The molecule has 0 spiro atoms. The Morgan fingerprint density at radius 2 is 2.04 bits per heavy atom.